The summed E-state index contributed by atoms with van der Waals surface area (Å²) in [5, 5.41) is 6.13. The quantitative estimate of drug-likeness (QED) is 0.400. The summed E-state index contributed by atoms with van der Waals surface area (Å²) in [5.41, 5.74) is -0.674. The van der Waals surface area contributed by atoms with Crippen LogP contribution in [-0.2, 0) is 17.5 Å². The van der Waals surface area contributed by atoms with Gasteiger partial charge in [0.15, 0.2) is 5.96 Å². The molecule has 0 aromatic heterocycles. The Morgan fingerprint density at radius 3 is 2.71 bits per heavy atom. The van der Waals surface area contributed by atoms with Gasteiger partial charge in [-0.1, -0.05) is 6.07 Å². The average Bonchev–Trinajstić information content (AvgIpc) is 3.07. The third kappa shape index (κ3) is 6.31. The van der Waals surface area contributed by atoms with Crippen molar-refractivity contribution < 1.29 is 22.7 Å². The van der Waals surface area contributed by atoms with Crippen LogP contribution >= 0.6 is 0 Å². The molecule has 6 nitrogen and oxygen atoms in total. The van der Waals surface area contributed by atoms with E-state index >= 15 is 0 Å². The lowest BCUT2D eigenvalue weighted by atomic mass is 10.1. The Morgan fingerprint density at radius 1 is 1.32 bits per heavy atom. The molecule has 0 bridgehead atoms. The van der Waals surface area contributed by atoms with Gasteiger partial charge in [-0.15, -0.1) is 0 Å². The van der Waals surface area contributed by atoms with Crippen molar-refractivity contribution in [2.24, 2.45) is 4.99 Å². The van der Waals surface area contributed by atoms with Crippen LogP contribution in [0.4, 0.5) is 13.2 Å². The number of methoxy groups -OCH3 is 1. The van der Waals surface area contributed by atoms with Crippen molar-refractivity contribution >= 4 is 11.9 Å². The number of likely N-dealkylation sites (tertiary alicyclic amines) is 1. The fourth-order valence-electron chi connectivity index (χ4n) is 3.01. The van der Waals surface area contributed by atoms with E-state index in [1.165, 1.54) is 19.2 Å². The van der Waals surface area contributed by atoms with Crippen LogP contribution in [0, 0.1) is 0 Å². The maximum absolute atomic E-state index is 13.3. The number of nitrogens with zero attached hydrogens (tertiary/aromatic N) is 2. The number of rotatable bonds is 8. The third-order valence-electron chi connectivity index (χ3n) is 4.44. The number of hydrogen-bond donors (Lipinski definition) is 2. The molecule has 0 atom stereocenters. The fourth-order valence-corrected chi connectivity index (χ4v) is 3.01. The Bertz CT molecular complexity index is 692. The van der Waals surface area contributed by atoms with E-state index in [2.05, 4.69) is 15.6 Å². The number of ether oxygens (including phenoxy) is 1. The highest BCUT2D eigenvalue weighted by Gasteiger charge is 2.33. The van der Waals surface area contributed by atoms with Gasteiger partial charge in [0.2, 0.25) is 5.91 Å². The van der Waals surface area contributed by atoms with E-state index < -0.39 is 11.7 Å². The summed E-state index contributed by atoms with van der Waals surface area (Å²) < 4.78 is 44.8. The highest BCUT2D eigenvalue weighted by Crippen LogP contribution is 2.34. The van der Waals surface area contributed by atoms with E-state index in [9.17, 15) is 18.0 Å². The van der Waals surface area contributed by atoms with Gasteiger partial charge in [0.1, 0.15) is 5.75 Å². The first-order valence-corrected chi connectivity index (χ1v) is 9.39. The number of benzene rings is 1. The highest BCUT2D eigenvalue weighted by molar-refractivity contribution is 5.80. The summed E-state index contributed by atoms with van der Waals surface area (Å²) >= 11 is 0. The topological polar surface area (TPSA) is 66.0 Å². The number of alkyl halides is 3. The SMILES string of the molecule is CCNC(=NCc1ccc(OC)cc1C(F)(F)F)NCCCN1CCCC1=O. The van der Waals surface area contributed by atoms with Gasteiger partial charge in [0.25, 0.3) is 0 Å². The van der Waals surface area contributed by atoms with Crippen LogP contribution in [0.2, 0.25) is 0 Å². The first-order chi connectivity index (χ1) is 13.3. The van der Waals surface area contributed by atoms with Gasteiger partial charge in [-0.25, -0.2) is 4.99 Å². The molecule has 1 heterocycles. The molecule has 28 heavy (non-hydrogen) atoms. The Morgan fingerprint density at radius 2 is 2.11 bits per heavy atom. The maximum Gasteiger partial charge on any atom is 0.416 e. The van der Waals surface area contributed by atoms with Gasteiger partial charge in [0, 0.05) is 32.6 Å². The Labute approximate surface area is 163 Å². The second-order valence-corrected chi connectivity index (χ2v) is 6.48. The van der Waals surface area contributed by atoms with Crippen molar-refractivity contribution in [2.45, 2.75) is 38.9 Å². The number of carbonyl (C=O) groups is 1. The van der Waals surface area contributed by atoms with Crippen molar-refractivity contribution in [3.8, 4) is 5.75 Å². The minimum absolute atomic E-state index is 0.0770. The van der Waals surface area contributed by atoms with E-state index in [1.54, 1.807) is 0 Å². The molecule has 1 saturated heterocycles. The molecule has 1 aliphatic rings. The van der Waals surface area contributed by atoms with Crippen molar-refractivity contribution in [2.75, 3.05) is 33.3 Å². The zero-order chi connectivity index (χ0) is 20.6. The smallest absolute Gasteiger partial charge is 0.416 e. The minimum Gasteiger partial charge on any atom is -0.497 e. The monoisotopic (exact) mass is 400 g/mol. The molecule has 0 saturated carbocycles. The molecule has 1 amide bonds. The molecule has 2 N–H and O–H groups in total. The van der Waals surface area contributed by atoms with Crippen molar-refractivity contribution in [1.82, 2.24) is 15.5 Å². The molecule has 9 heteroatoms. The molecule has 2 rings (SSSR count). The number of guanidine groups is 1. The predicted molar refractivity (Wildman–Crippen MR) is 101 cm³/mol. The van der Waals surface area contributed by atoms with Crippen LogP contribution < -0.4 is 15.4 Å². The van der Waals surface area contributed by atoms with E-state index in [1.807, 2.05) is 11.8 Å². The Balaban J connectivity index is 1.97. The van der Waals surface area contributed by atoms with E-state index in [0.717, 1.165) is 25.5 Å². The second kappa shape index (κ2) is 10.2. The van der Waals surface area contributed by atoms with Crippen LogP contribution in [0.3, 0.4) is 0 Å². The average molecular weight is 400 g/mol. The molecule has 0 aliphatic carbocycles. The van der Waals surface area contributed by atoms with Gasteiger partial charge in [-0.2, -0.15) is 13.2 Å². The third-order valence-corrected chi connectivity index (χ3v) is 4.44. The lowest BCUT2D eigenvalue weighted by Gasteiger charge is -2.17. The first kappa shape index (κ1) is 21.8. The molecule has 1 aromatic rings. The van der Waals surface area contributed by atoms with Crippen LogP contribution in [0.25, 0.3) is 0 Å². The van der Waals surface area contributed by atoms with Gasteiger partial charge in [-0.3, -0.25) is 4.79 Å². The van der Waals surface area contributed by atoms with Gasteiger partial charge < -0.3 is 20.3 Å². The van der Waals surface area contributed by atoms with E-state index in [4.69, 9.17) is 4.74 Å². The van der Waals surface area contributed by atoms with Crippen molar-refractivity contribution in [3.05, 3.63) is 29.3 Å². The molecule has 1 fully saturated rings. The largest absolute Gasteiger partial charge is 0.497 e. The molecular formula is C19H27F3N4O2. The zero-order valence-electron chi connectivity index (χ0n) is 16.2. The maximum atomic E-state index is 13.3. The first-order valence-electron chi connectivity index (χ1n) is 9.39. The second-order valence-electron chi connectivity index (χ2n) is 6.48. The minimum atomic E-state index is -4.48. The normalized spacial score (nSPS) is 15.1. The summed E-state index contributed by atoms with van der Waals surface area (Å²) in [7, 11) is 1.33. The number of aliphatic imine (C=N–C) groups is 1. The predicted octanol–water partition coefficient (Wildman–Crippen LogP) is 2.78. The molecule has 1 aromatic carbocycles. The summed E-state index contributed by atoms with van der Waals surface area (Å²) in [4.78, 5) is 17.7. The highest BCUT2D eigenvalue weighted by atomic mass is 19.4. The summed E-state index contributed by atoms with van der Waals surface area (Å²) in [6, 6.07) is 3.86. The van der Waals surface area contributed by atoms with Gasteiger partial charge in [-0.05, 0) is 37.5 Å². The summed E-state index contributed by atoms with van der Waals surface area (Å²) in [5.74, 6) is 0.778. The molecule has 0 unspecified atom stereocenters. The lowest BCUT2D eigenvalue weighted by Crippen LogP contribution is -2.39. The number of amides is 1. The van der Waals surface area contributed by atoms with Crippen molar-refractivity contribution in [3.63, 3.8) is 0 Å². The zero-order valence-corrected chi connectivity index (χ0v) is 16.2. The van der Waals surface area contributed by atoms with Gasteiger partial charge in [0.05, 0.1) is 19.2 Å². The number of carbonyl (C=O) groups excluding carboxylic acids is 1. The number of nitrogens with one attached hydrogen (secondary N) is 2. The van der Waals surface area contributed by atoms with Crippen LogP contribution in [-0.4, -0.2) is 50.1 Å². The Kier molecular flexibility index (Phi) is 7.95. The molecule has 0 spiro atoms. The van der Waals surface area contributed by atoms with Gasteiger partial charge >= 0.3 is 6.18 Å². The fraction of sp³-hybridized carbons (Fsp3) is 0.579. The molecule has 156 valence electrons. The summed E-state index contributed by atoms with van der Waals surface area (Å²) in [6.45, 7) is 4.40. The van der Waals surface area contributed by atoms with Crippen LogP contribution in [0.1, 0.15) is 37.3 Å². The molecule has 1 aliphatic heterocycles. The molecule has 0 radical (unpaired) electrons. The standard InChI is InChI=1S/C19H27F3N4O2/c1-3-23-18(24-9-5-11-26-10-4-6-17(26)27)25-13-14-7-8-15(28-2)12-16(14)19(20,21)22/h7-8,12H,3-6,9-11,13H2,1-2H3,(H2,23,24,25). The Hall–Kier alpha value is -2.45. The lowest BCUT2D eigenvalue weighted by molar-refractivity contribution is -0.138. The van der Waals surface area contributed by atoms with Crippen molar-refractivity contribution in [1.29, 1.82) is 0 Å². The van der Waals surface area contributed by atoms with Crippen LogP contribution in [0.5, 0.6) is 5.75 Å². The van der Waals surface area contributed by atoms with Crippen LogP contribution in [0.15, 0.2) is 23.2 Å². The molecular weight excluding hydrogens is 373 g/mol. The number of halogens is 3. The van der Waals surface area contributed by atoms with E-state index in [-0.39, 0.29) is 23.8 Å². The number of hydrogen-bond acceptors (Lipinski definition) is 3. The summed E-state index contributed by atoms with van der Waals surface area (Å²) in [6.07, 6.45) is -2.22. The van der Waals surface area contributed by atoms with E-state index in [0.29, 0.717) is 32.0 Å².